The second-order valence-electron chi connectivity index (χ2n) is 5.96. The summed E-state index contributed by atoms with van der Waals surface area (Å²) in [5, 5.41) is 0. The molecular formula is C17H24N2OS. The first-order valence-corrected chi connectivity index (χ1v) is 9.17. The molecule has 1 amide bonds. The lowest BCUT2D eigenvalue weighted by molar-refractivity contribution is 0.0770. The van der Waals surface area contributed by atoms with E-state index >= 15 is 0 Å². The van der Waals surface area contributed by atoms with Crippen molar-refractivity contribution < 1.29 is 4.79 Å². The molecule has 0 aromatic heterocycles. The molecule has 0 unspecified atom stereocenters. The predicted molar refractivity (Wildman–Crippen MR) is 88.5 cm³/mol. The molecule has 4 heteroatoms. The van der Waals surface area contributed by atoms with Crippen LogP contribution in [0.15, 0.2) is 24.3 Å². The molecular weight excluding hydrogens is 280 g/mol. The number of amides is 1. The summed E-state index contributed by atoms with van der Waals surface area (Å²) in [5.74, 6) is 1.98. The monoisotopic (exact) mass is 304 g/mol. The quantitative estimate of drug-likeness (QED) is 0.857. The van der Waals surface area contributed by atoms with Crippen LogP contribution in [0.25, 0.3) is 0 Å². The Morgan fingerprint density at radius 1 is 1.00 bits per heavy atom. The zero-order valence-electron chi connectivity index (χ0n) is 12.6. The summed E-state index contributed by atoms with van der Waals surface area (Å²) in [5.41, 5.74) is 2.09. The molecule has 0 aliphatic carbocycles. The van der Waals surface area contributed by atoms with Crippen LogP contribution < -0.4 is 0 Å². The van der Waals surface area contributed by atoms with Gasteiger partial charge in [-0.2, -0.15) is 0 Å². The number of carbonyl (C=O) groups excluding carboxylic acids is 1. The van der Waals surface area contributed by atoms with Crippen molar-refractivity contribution in [3.05, 3.63) is 35.4 Å². The van der Waals surface area contributed by atoms with E-state index in [-0.39, 0.29) is 5.91 Å². The van der Waals surface area contributed by atoms with E-state index in [2.05, 4.69) is 11.0 Å². The van der Waals surface area contributed by atoms with Gasteiger partial charge < -0.3 is 9.80 Å². The van der Waals surface area contributed by atoms with Crippen molar-refractivity contribution in [3.63, 3.8) is 0 Å². The largest absolute Gasteiger partial charge is 0.328 e. The van der Waals surface area contributed by atoms with Gasteiger partial charge in [-0.25, -0.2) is 0 Å². The van der Waals surface area contributed by atoms with Gasteiger partial charge in [-0.15, -0.1) is 11.8 Å². The number of carbonyl (C=O) groups is 1. The topological polar surface area (TPSA) is 23.6 Å². The zero-order valence-corrected chi connectivity index (χ0v) is 13.4. The highest BCUT2D eigenvalue weighted by molar-refractivity contribution is 7.98. The van der Waals surface area contributed by atoms with E-state index < -0.39 is 0 Å². The van der Waals surface area contributed by atoms with Gasteiger partial charge in [0.25, 0.3) is 5.91 Å². The zero-order chi connectivity index (χ0) is 14.5. The van der Waals surface area contributed by atoms with Crippen molar-refractivity contribution in [1.29, 1.82) is 0 Å². The minimum atomic E-state index is 0.213. The molecule has 0 saturated carbocycles. The number of likely N-dealkylation sites (tertiary alicyclic amines) is 1. The fourth-order valence-electron chi connectivity index (χ4n) is 3.14. The Hall–Kier alpha value is -1.00. The minimum absolute atomic E-state index is 0.213. The first kappa shape index (κ1) is 14.9. The van der Waals surface area contributed by atoms with E-state index in [1.54, 1.807) is 0 Å². The molecule has 0 atom stereocenters. The molecule has 1 fully saturated rings. The molecule has 0 bridgehead atoms. The maximum Gasteiger partial charge on any atom is 0.254 e. The van der Waals surface area contributed by atoms with E-state index in [4.69, 9.17) is 0 Å². The average Bonchev–Trinajstić information content (AvgIpc) is 2.86. The number of hydrogen-bond acceptors (Lipinski definition) is 3. The van der Waals surface area contributed by atoms with Crippen LogP contribution in [0.2, 0.25) is 0 Å². The van der Waals surface area contributed by atoms with Crippen molar-refractivity contribution in [3.8, 4) is 0 Å². The van der Waals surface area contributed by atoms with Gasteiger partial charge in [0.05, 0.1) is 5.88 Å². The van der Waals surface area contributed by atoms with Crippen LogP contribution in [0.1, 0.15) is 41.6 Å². The first-order valence-electron chi connectivity index (χ1n) is 8.02. The molecule has 2 aliphatic rings. The standard InChI is InChI=1S/C17H24N2OS/c20-17-16-8-4-3-7-15(16)13-21-14-19(17)12-11-18-9-5-1-2-6-10-18/h3-4,7-8H,1-2,5-6,9-14H2. The number of benzene rings is 1. The third-order valence-corrected chi connectivity index (χ3v) is 5.43. The lowest BCUT2D eigenvalue weighted by Gasteiger charge is -2.25. The molecule has 1 aromatic rings. The summed E-state index contributed by atoms with van der Waals surface area (Å²) in [6, 6.07) is 8.06. The molecule has 114 valence electrons. The molecule has 3 nitrogen and oxygen atoms in total. The van der Waals surface area contributed by atoms with Crippen molar-refractivity contribution in [2.24, 2.45) is 0 Å². The van der Waals surface area contributed by atoms with Crippen molar-refractivity contribution >= 4 is 17.7 Å². The predicted octanol–water partition coefficient (Wildman–Crippen LogP) is 3.21. The highest BCUT2D eigenvalue weighted by Crippen LogP contribution is 2.24. The summed E-state index contributed by atoms with van der Waals surface area (Å²) in [6.07, 6.45) is 5.35. The second kappa shape index (κ2) is 7.32. The lowest BCUT2D eigenvalue weighted by atomic mass is 10.1. The number of hydrogen-bond donors (Lipinski definition) is 0. The van der Waals surface area contributed by atoms with E-state index in [0.717, 1.165) is 30.3 Å². The third kappa shape index (κ3) is 3.80. The molecule has 0 radical (unpaired) electrons. The van der Waals surface area contributed by atoms with Gasteiger partial charge in [0.1, 0.15) is 0 Å². The number of nitrogens with zero attached hydrogens (tertiary/aromatic N) is 2. The number of thioether (sulfide) groups is 1. The molecule has 3 rings (SSSR count). The Balaban J connectivity index is 1.61. The number of fused-ring (bicyclic) bond motifs is 1. The fourth-order valence-corrected chi connectivity index (χ4v) is 4.17. The maximum atomic E-state index is 12.7. The Bertz CT molecular complexity index is 483. The Kier molecular flexibility index (Phi) is 5.20. The van der Waals surface area contributed by atoms with Crippen molar-refractivity contribution in [1.82, 2.24) is 9.80 Å². The maximum absolute atomic E-state index is 12.7. The third-order valence-electron chi connectivity index (χ3n) is 4.42. The number of rotatable bonds is 3. The average molecular weight is 304 g/mol. The van der Waals surface area contributed by atoms with Gasteiger partial charge in [0.15, 0.2) is 0 Å². The lowest BCUT2D eigenvalue weighted by Crippen LogP contribution is -2.38. The van der Waals surface area contributed by atoms with Crippen LogP contribution in [-0.2, 0) is 5.75 Å². The first-order chi connectivity index (χ1) is 10.3. The van der Waals surface area contributed by atoms with E-state index in [1.807, 2.05) is 34.9 Å². The van der Waals surface area contributed by atoms with E-state index in [1.165, 1.54) is 44.3 Å². The van der Waals surface area contributed by atoms with Crippen LogP contribution in [0, 0.1) is 0 Å². The minimum Gasteiger partial charge on any atom is -0.328 e. The van der Waals surface area contributed by atoms with Gasteiger partial charge in [-0.05, 0) is 37.6 Å². The molecule has 0 N–H and O–H groups in total. The van der Waals surface area contributed by atoms with Crippen molar-refractivity contribution in [2.75, 3.05) is 32.1 Å². The molecule has 1 saturated heterocycles. The Morgan fingerprint density at radius 2 is 1.76 bits per heavy atom. The normalized spacial score (nSPS) is 20.8. The van der Waals surface area contributed by atoms with Gasteiger partial charge in [-0.1, -0.05) is 31.0 Å². The smallest absolute Gasteiger partial charge is 0.254 e. The Morgan fingerprint density at radius 3 is 2.57 bits per heavy atom. The van der Waals surface area contributed by atoms with Crippen LogP contribution in [0.5, 0.6) is 0 Å². The Labute approximate surface area is 131 Å². The van der Waals surface area contributed by atoms with Gasteiger partial charge >= 0.3 is 0 Å². The molecule has 1 aromatic carbocycles. The summed E-state index contributed by atoms with van der Waals surface area (Å²) in [6.45, 7) is 4.28. The fraction of sp³-hybridized carbons (Fsp3) is 0.588. The van der Waals surface area contributed by atoms with Gasteiger partial charge in [0.2, 0.25) is 0 Å². The summed E-state index contributed by atoms with van der Waals surface area (Å²) < 4.78 is 0. The highest BCUT2D eigenvalue weighted by atomic mass is 32.2. The van der Waals surface area contributed by atoms with E-state index in [0.29, 0.717) is 0 Å². The SMILES string of the molecule is O=C1c2ccccc2CSCN1CCN1CCCCCC1. The highest BCUT2D eigenvalue weighted by Gasteiger charge is 2.22. The summed E-state index contributed by atoms with van der Waals surface area (Å²) >= 11 is 1.85. The van der Waals surface area contributed by atoms with Crippen molar-refractivity contribution in [2.45, 2.75) is 31.4 Å². The van der Waals surface area contributed by atoms with Crippen LogP contribution in [0.3, 0.4) is 0 Å². The molecule has 2 heterocycles. The summed E-state index contributed by atoms with van der Waals surface area (Å²) in [7, 11) is 0. The van der Waals surface area contributed by atoms with Crippen LogP contribution >= 0.6 is 11.8 Å². The summed E-state index contributed by atoms with van der Waals surface area (Å²) in [4.78, 5) is 17.2. The van der Waals surface area contributed by atoms with E-state index in [9.17, 15) is 4.79 Å². The van der Waals surface area contributed by atoms with Gasteiger partial charge in [0, 0.05) is 24.4 Å². The second-order valence-corrected chi connectivity index (χ2v) is 6.91. The molecule has 0 spiro atoms. The van der Waals surface area contributed by atoms with Crippen LogP contribution in [0.4, 0.5) is 0 Å². The van der Waals surface area contributed by atoms with Gasteiger partial charge in [-0.3, -0.25) is 4.79 Å². The molecule has 21 heavy (non-hydrogen) atoms. The van der Waals surface area contributed by atoms with Crippen LogP contribution in [-0.4, -0.2) is 47.8 Å². The molecule has 2 aliphatic heterocycles.